The average molecular weight is 562 g/mol. The molecule has 212 valence electrons. The molecule has 0 amide bonds. The molecule has 5 rings (SSSR count). The van der Waals surface area contributed by atoms with Crippen molar-refractivity contribution < 1.29 is 9.90 Å². The summed E-state index contributed by atoms with van der Waals surface area (Å²) in [6.45, 7) is 9.95. The van der Waals surface area contributed by atoms with Crippen LogP contribution >= 0.6 is 0 Å². The highest BCUT2D eigenvalue weighted by Crippen LogP contribution is 2.32. The second-order valence-electron chi connectivity index (χ2n) is 10.8. The molecule has 0 bridgehead atoms. The minimum atomic E-state index is -1.01. The molecular formula is C40H35NO2. The molecule has 0 aliphatic carbocycles. The molecule has 1 N–H and O–H groups in total. The third-order valence-corrected chi connectivity index (χ3v) is 7.45. The molecule has 0 atom stereocenters. The Balaban J connectivity index is 1.50. The second kappa shape index (κ2) is 13.1. The van der Waals surface area contributed by atoms with Crippen LogP contribution in [0.2, 0.25) is 0 Å². The quantitative estimate of drug-likeness (QED) is 0.144. The van der Waals surface area contributed by atoms with Gasteiger partial charge in [0, 0.05) is 23.1 Å². The number of carboxylic acid groups (broad SMARTS) is 1. The predicted octanol–water partition coefficient (Wildman–Crippen LogP) is 10.1. The number of hydrogen-bond donors (Lipinski definition) is 1. The summed E-state index contributed by atoms with van der Waals surface area (Å²) in [6, 6.07) is 41.8. The maximum atomic E-state index is 11.2. The van der Waals surface area contributed by atoms with Crippen LogP contribution in [0.15, 0.2) is 134 Å². The first-order chi connectivity index (χ1) is 20.8. The molecule has 0 saturated heterocycles. The van der Waals surface area contributed by atoms with Crippen molar-refractivity contribution in [2.45, 2.75) is 20.8 Å². The number of aryl methyl sites for hydroxylation is 3. The maximum Gasteiger partial charge on any atom is 0.335 e. The van der Waals surface area contributed by atoms with Crippen LogP contribution in [-0.4, -0.2) is 11.1 Å². The van der Waals surface area contributed by atoms with Gasteiger partial charge in [0.15, 0.2) is 0 Å². The molecule has 5 aromatic carbocycles. The molecule has 0 aliphatic rings. The number of rotatable bonds is 9. The van der Waals surface area contributed by atoms with Crippen molar-refractivity contribution in [2.75, 3.05) is 4.90 Å². The van der Waals surface area contributed by atoms with E-state index in [-0.39, 0.29) is 5.57 Å². The lowest BCUT2D eigenvalue weighted by Gasteiger charge is -2.24. The van der Waals surface area contributed by atoms with E-state index >= 15 is 0 Å². The molecule has 0 fully saturated rings. The average Bonchev–Trinajstić information content (AvgIpc) is 3.02. The third kappa shape index (κ3) is 7.27. The zero-order valence-electron chi connectivity index (χ0n) is 24.8. The lowest BCUT2D eigenvalue weighted by atomic mass is 9.96. The second-order valence-corrected chi connectivity index (χ2v) is 10.8. The molecule has 3 nitrogen and oxygen atoms in total. The van der Waals surface area contributed by atoms with Crippen molar-refractivity contribution >= 4 is 40.6 Å². The Kier molecular flexibility index (Phi) is 8.83. The number of anilines is 2. The van der Waals surface area contributed by atoms with Crippen LogP contribution in [0, 0.1) is 20.8 Å². The Hall–Kier alpha value is -5.41. The number of carbonyl (C=O) groups is 1. The summed E-state index contributed by atoms with van der Waals surface area (Å²) < 4.78 is 0. The minimum Gasteiger partial charge on any atom is -0.478 e. The molecular weight excluding hydrogens is 526 g/mol. The fourth-order valence-corrected chi connectivity index (χ4v) is 4.77. The lowest BCUT2D eigenvalue weighted by Crippen LogP contribution is -2.10. The topological polar surface area (TPSA) is 40.5 Å². The maximum absolute atomic E-state index is 11.2. The van der Waals surface area contributed by atoms with Gasteiger partial charge in [-0.3, -0.25) is 0 Å². The Labute approximate surface area is 254 Å². The molecule has 3 heteroatoms. The van der Waals surface area contributed by atoms with Gasteiger partial charge in [0.1, 0.15) is 0 Å². The number of benzene rings is 5. The molecule has 0 unspecified atom stereocenters. The van der Waals surface area contributed by atoms with Gasteiger partial charge in [-0.05, 0) is 72.9 Å². The summed E-state index contributed by atoms with van der Waals surface area (Å²) in [5, 5.41) is 9.17. The smallest absolute Gasteiger partial charge is 0.335 e. The van der Waals surface area contributed by atoms with Gasteiger partial charge < -0.3 is 10.0 Å². The summed E-state index contributed by atoms with van der Waals surface area (Å²) in [4.78, 5) is 13.4. The van der Waals surface area contributed by atoms with Gasteiger partial charge in [-0.25, -0.2) is 4.79 Å². The monoisotopic (exact) mass is 561 g/mol. The molecule has 0 saturated carbocycles. The number of aliphatic carboxylic acids is 1. The molecule has 43 heavy (non-hydrogen) atoms. The van der Waals surface area contributed by atoms with E-state index in [4.69, 9.17) is 5.11 Å². The first kappa shape index (κ1) is 29.1. The predicted molar refractivity (Wildman–Crippen MR) is 181 cm³/mol. The van der Waals surface area contributed by atoms with Gasteiger partial charge in [-0.2, -0.15) is 0 Å². The largest absolute Gasteiger partial charge is 0.478 e. The van der Waals surface area contributed by atoms with E-state index in [0.717, 1.165) is 39.2 Å². The van der Waals surface area contributed by atoms with Crippen LogP contribution in [0.1, 0.15) is 44.5 Å². The minimum absolute atomic E-state index is 0.0891. The summed E-state index contributed by atoms with van der Waals surface area (Å²) in [7, 11) is 0. The molecule has 5 aromatic rings. The standard InChI is InChI=1S/C40H35NO2/c1-28-5-17-35(18-6-28)39(36-19-7-29(2)8-20-36)27-41(37-23-9-30(3)10-24-37)38-25-15-33(16-26-38)12-11-32-13-21-34(22-14-32)31(4)40(42)43/h5-27H,4H2,1-3H3,(H,42,43). The number of hydrogen-bond acceptors (Lipinski definition) is 2. The van der Waals surface area contributed by atoms with E-state index in [1.54, 1.807) is 12.1 Å². The van der Waals surface area contributed by atoms with Crippen LogP contribution in [0.5, 0.6) is 0 Å². The lowest BCUT2D eigenvalue weighted by molar-refractivity contribution is -0.130. The summed E-state index contributed by atoms with van der Waals surface area (Å²) >= 11 is 0. The normalized spacial score (nSPS) is 10.9. The molecule has 0 aliphatic heterocycles. The highest BCUT2D eigenvalue weighted by atomic mass is 16.4. The third-order valence-electron chi connectivity index (χ3n) is 7.45. The van der Waals surface area contributed by atoms with Crippen molar-refractivity contribution in [1.82, 2.24) is 0 Å². The summed E-state index contributed by atoms with van der Waals surface area (Å²) in [6.07, 6.45) is 6.31. The van der Waals surface area contributed by atoms with Crippen molar-refractivity contribution in [1.29, 1.82) is 0 Å². The van der Waals surface area contributed by atoms with Gasteiger partial charge in [-0.1, -0.05) is 132 Å². The Morgan fingerprint density at radius 2 is 0.907 bits per heavy atom. The van der Waals surface area contributed by atoms with E-state index in [9.17, 15) is 4.79 Å². The van der Waals surface area contributed by atoms with Crippen molar-refractivity contribution in [3.8, 4) is 0 Å². The Bertz CT molecular complexity index is 1730. The summed E-state index contributed by atoms with van der Waals surface area (Å²) in [5.74, 6) is -1.01. The first-order valence-electron chi connectivity index (χ1n) is 14.3. The fraction of sp³-hybridized carbons (Fsp3) is 0.0750. The summed E-state index contributed by atoms with van der Waals surface area (Å²) in [5.41, 5.74) is 12.0. The van der Waals surface area contributed by atoms with Gasteiger partial charge >= 0.3 is 5.97 Å². The van der Waals surface area contributed by atoms with Gasteiger partial charge in [0.05, 0.1) is 5.57 Å². The zero-order chi connectivity index (χ0) is 30.3. The van der Waals surface area contributed by atoms with E-state index in [2.05, 4.69) is 142 Å². The molecule has 0 radical (unpaired) electrons. The molecule has 0 aromatic heterocycles. The van der Waals surface area contributed by atoms with Crippen LogP contribution in [0.4, 0.5) is 11.4 Å². The Morgan fingerprint density at radius 3 is 1.33 bits per heavy atom. The van der Waals surface area contributed by atoms with E-state index < -0.39 is 5.97 Å². The van der Waals surface area contributed by atoms with Crippen molar-refractivity contribution in [2.24, 2.45) is 0 Å². The van der Waals surface area contributed by atoms with Gasteiger partial charge in [0.25, 0.3) is 0 Å². The highest BCUT2D eigenvalue weighted by Gasteiger charge is 2.13. The number of nitrogens with zero attached hydrogens (tertiary/aromatic N) is 1. The van der Waals surface area contributed by atoms with Crippen LogP contribution in [0.3, 0.4) is 0 Å². The van der Waals surface area contributed by atoms with Crippen LogP contribution in [0.25, 0.3) is 23.3 Å². The van der Waals surface area contributed by atoms with Gasteiger partial charge in [-0.15, -0.1) is 0 Å². The van der Waals surface area contributed by atoms with Crippen molar-refractivity contribution in [3.05, 3.63) is 179 Å². The number of carboxylic acids is 1. The van der Waals surface area contributed by atoms with E-state index in [1.807, 2.05) is 18.2 Å². The SMILES string of the molecule is C=C(C(=O)O)c1ccc(C=Cc2ccc(N(C=C(c3ccc(C)cc3)c3ccc(C)cc3)c3ccc(C)cc3)cc2)cc1. The Morgan fingerprint density at radius 1 is 0.558 bits per heavy atom. The zero-order valence-corrected chi connectivity index (χ0v) is 24.8. The van der Waals surface area contributed by atoms with Crippen LogP contribution < -0.4 is 4.90 Å². The van der Waals surface area contributed by atoms with E-state index in [1.165, 1.54) is 16.7 Å². The van der Waals surface area contributed by atoms with Gasteiger partial charge in [0.2, 0.25) is 0 Å². The van der Waals surface area contributed by atoms with Crippen LogP contribution in [-0.2, 0) is 4.79 Å². The molecule has 0 heterocycles. The molecule has 0 spiro atoms. The fourth-order valence-electron chi connectivity index (χ4n) is 4.77. The highest BCUT2D eigenvalue weighted by molar-refractivity contribution is 6.14. The van der Waals surface area contributed by atoms with Crippen molar-refractivity contribution in [3.63, 3.8) is 0 Å². The first-order valence-corrected chi connectivity index (χ1v) is 14.3. The van der Waals surface area contributed by atoms with E-state index in [0.29, 0.717) is 5.56 Å².